The topological polar surface area (TPSA) is 13.7 Å². The van der Waals surface area contributed by atoms with Crippen LogP contribution < -0.4 is 4.90 Å². The SMILES string of the molecule is C.C.CC.[CH2-][NH+]1CCOCC1. The van der Waals surface area contributed by atoms with Crippen LogP contribution in [0.25, 0.3) is 0 Å². The largest absolute Gasteiger partial charge is 0.464 e. The molecule has 0 spiro atoms. The highest BCUT2D eigenvalue weighted by atomic mass is 16.5. The molecule has 1 aliphatic rings. The third-order valence-corrected chi connectivity index (χ3v) is 1.20. The van der Waals surface area contributed by atoms with E-state index in [4.69, 9.17) is 4.74 Å². The van der Waals surface area contributed by atoms with E-state index >= 15 is 0 Å². The molecule has 1 rings (SSSR count). The Hall–Kier alpha value is -0.0800. The average molecular weight is 163 g/mol. The van der Waals surface area contributed by atoms with Crippen molar-refractivity contribution in [2.24, 2.45) is 0 Å². The highest BCUT2D eigenvalue weighted by Gasteiger charge is 2.01. The summed E-state index contributed by atoms with van der Waals surface area (Å²) in [6.07, 6.45) is 0. The normalized spacial score (nSPS) is 16.6. The molecule has 0 atom stereocenters. The van der Waals surface area contributed by atoms with Crippen LogP contribution in [0.3, 0.4) is 0 Å². The Morgan fingerprint density at radius 1 is 1.09 bits per heavy atom. The lowest BCUT2D eigenvalue weighted by Gasteiger charge is -2.24. The van der Waals surface area contributed by atoms with Gasteiger partial charge in [0.05, 0.1) is 26.3 Å². The molecule has 0 aromatic rings. The van der Waals surface area contributed by atoms with E-state index in [0.717, 1.165) is 26.3 Å². The van der Waals surface area contributed by atoms with Gasteiger partial charge in [-0.1, -0.05) is 28.7 Å². The molecule has 0 unspecified atom stereocenters. The van der Waals surface area contributed by atoms with Crippen molar-refractivity contribution >= 4 is 0 Å². The first-order valence-corrected chi connectivity index (χ1v) is 3.64. The minimum atomic E-state index is 0. The fourth-order valence-electron chi connectivity index (χ4n) is 0.660. The van der Waals surface area contributed by atoms with Crippen molar-refractivity contribution in [3.63, 3.8) is 0 Å². The number of quaternary nitrogens is 1. The van der Waals surface area contributed by atoms with Gasteiger partial charge >= 0.3 is 0 Å². The Bertz CT molecular complexity index is 51.5. The van der Waals surface area contributed by atoms with Crippen LogP contribution in [0, 0.1) is 7.05 Å². The molecule has 1 saturated heterocycles. The molecule has 1 aliphatic heterocycles. The van der Waals surface area contributed by atoms with Gasteiger partial charge in [-0.15, -0.1) is 0 Å². The summed E-state index contributed by atoms with van der Waals surface area (Å²) in [5.74, 6) is 0. The zero-order chi connectivity index (χ0) is 7.11. The third-order valence-electron chi connectivity index (χ3n) is 1.20. The van der Waals surface area contributed by atoms with Crippen molar-refractivity contribution < 1.29 is 9.64 Å². The standard InChI is InChI=1S/C5H11NO.C2H6.2CH4/c1-6-2-4-7-5-3-6;1-2;;/h6H,1-5H2;1-2H3;2*1H4. The van der Waals surface area contributed by atoms with Crippen LogP contribution in [0.2, 0.25) is 0 Å². The lowest BCUT2D eigenvalue weighted by molar-refractivity contribution is -0.862. The smallest absolute Gasteiger partial charge is 0.0938 e. The minimum Gasteiger partial charge on any atom is -0.464 e. The first kappa shape index (κ1) is 17.1. The summed E-state index contributed by atoms with van der Waals surface area (Å²) in [6.45, 7) is 7.91. The number of ether oxygens (including phenoxy) is 1. The van der Waals surface area contributed by atoms with Gasteiger partial charge in [0.1, 0.15) is 0 Å². The van der Waals surface area contributed by atoms with Crippen LogP contribution in [0.15, 0.2) is 0 Å². The highest BCUT2D eigenvalue weighted by Crippen LogP contribution is 1.72. The highest BCUT2D eigenvalue weighted by molar-refractivity contribution is 4.35. The van der Waals surface area contributed by atoms with Gasteiger partial charge in [0.25, 0.3) is 0 Å². The van der Waals surface area contributed by atoms with Gasteiger partial charge in [-0.25, -0.2) is 0 Å². The van der Waals surface area contributed by atoms with E-state index in [0.29, 0.717) is 0 Å². The van der Waals surface area contributed by atoms with Crippen LogP contribution in [0.4, 0.5) is 0 Å². The number of nitrogens with one attached hydrogen (secondary N) is 1. The second-order valence-electron chi connectivity index (χ2n) is 1.86. The van der Waals surface area contributed by atoms with E-state index in [2.05, 4.69) is 7.05 Å². The van der Waals surface area contributed by atoms with Crippen molar-refractivity contribution in [3.8, 4) is 0 Å². The second-order valence-corrected chi connectivity index (χ2v) is 1.86. The Morgan fingerprint density at radius 2 is 1.45 bits per heavy atom. The van der Waals surface area contributed by atoms with Crippen LogP contribution in [0.5, 0.6) is 0 Å². The number of morpholine rings is 1. The van der Waals surface area contributed by atoms with Gasteiger partial charge in [0, 0.05) is 0 Å². The van der Waals surface area contributed by atoms with Crippen LogP contribution in [-0.4, -0.2) is 26.3 Å². The third kappa shape index (κ3) is 9.92. The van der Waals surface area contributed by atoms with Crippen molar-refractivity contribution in [1.82, 2.24) is 0 Å². The van der Waals surface area contributed by atoms with Crippen LogP contribution in [0.1, 0.15) is 28.7 Å². The minimum absolute atomic E-state index is 0. The maximum atomic E-state index is 5.08. The summed E-state index contributed by atoms with van der Waals surface area (Å²) in [6, 6.07) is 0. The number of hydrogen-bond donors (Lipinski definition) is 1. The predicted molar refractivity (Wildman–Crippen MR) is 51.7 cm³/mol. The van der Waals surface area contributed by atoms with Crippen molar-refractivity contribution in [3.05, 3.63) is 7.05 Å². The van der Waals surface area contributed by atoms with E-state index in [-0.39, 0.29) is 14.9 Å². The van der Waals surface area contributed by atoms with Gasteiger partial charge in [0.15, 0.2) is 0 Å². The second kappa shape index (κ2) is 12.6. The fraction of sp³-hybridized carbons (Fsp3) is 0.889. The van der Waals surface area contributed by atoms with E-state index in [9.17, 15) is 0 Å². The van der Waals surface area contributed by atoms with Gasteiger partial charge in [-0.2, -0.15) is 7.05 Å². The van der Waals surface area contributed by atoms with Crippen LogP contribution >= 0.6 is 0 Å². The van der Waals surface area contributed by atoms with Crippen molar-refractivity contribution in [2.45, 2.75) is 28.7 Å². The number of hydrogen-bond acceptors (Lipinski definition) is 1. The molecular weight excluding hydrogens is 138 g/mol. The maximum absolute atomic E-state index is 5.08. The summed E-state index contributed by atoms with van der Waals surface area (Å²) in [7, 11) is 3.83. The summed E-state index contributed by atoms with van der Waals surface area (Å²) < 4.78 is 5.08. The zero-order valence-corrected chi connectivity index (χ0v) is 6.44. The van der Waals surface area contributed by atoms with E-state index in [1.165, 1.54) is 4.90 Å². The molecule has 1 fully saturated rings. The molecule has 1 heterocycles. The molecule has 2 heteroatoms. The lowest BCUT2D eigenvalue weighted by Crippen LogP contribution is -3.09. The van der Waals surface area contributed by atoms with E-state index < -0.39 is 0 Å². The van der Waals surface area contributed by atoms with E-state index in [1.807, 2.05) is 13.8 Å². The molecule has 2 nitrogen and oxygen atoms in total. The summed E-state index contributed by atoms with van der Waals surface area (Å²) in [5, 5.41) is 0. The van der Waals surface area contributed by atoms with Gasteiger partial charge in [-0.05, 0) is 0 Å². The molecule has 0 saturated carbocycles. The van der Waals surface area contributed by atoms with Crippen molar-refractivity contribution in [1.29, 1.82) is 0 Å². The zero-order valence-electron chi connectivity index (χ0n) is 6.44. The summed E-state index contributed by atoms with van der Waals surface area (Å²) in [4.78, 5) is 1.34. The first-order chi connectivity index (χ1) is 4.39. The Kier molecular flexibility index (Phi) is 19.6. The predicted octanol–water partition coefficient (Wildman–Crippen LogP) is 0.991. The average Bonchev–Trinajstić information content (AvgIpc) is 1.94. The van der Waals surface area contributed by atoms with Gasteiger partial charge in [0.2, 0.25) is 0 Å². The monoisotopic (exact) mass is 163 g/mol. The molecule has 11 heavy (non-hydrogen) atoms. The quantitative estimate of drug-likeness (QED) is 0.526. The van der Waals surface area contributed by atoms with Gasteiger partial charge in [-0.3, -0.25) is 0 Å². The van der Waals surface area contributed by atoms with Crippen molar-refractivity contribution in [2.75, 3.05) is 26.3 Å². The summed E-state index contributed by atoms with van der Waals surface area (Å²) in [5.41, 5.74) is 0. The molecule has 1 N–H and O–H groups in total. The fourth-order valence-corrected chi connectivity index (χ4v) is 0.660. The maximum Gasteiger partial charge on any atom is 0.0938 e. The Balaban J connectivity index is -0.000000149. The molecule has 0 bridgehead atoms. The molecule has 0 aliphatic carbocycles. The number of rotatable bonds is 0. The molecular formula is C9H25NO. The molecule has 72 valence electrons. The molecule has 0 aromatic heterocycles. The Morgan fingerprint density at radius 3 is 1.64 bits per heavy atom. The van der Waals surface area contributed by atoms with Crippen LogP contribution in [-0.2, 0) is 4.74 Å². The van der Waals surface area contributed by atoms with E-state index in [1.54, 1.807) is 0 Å². The molecule has 0 radical (unpaired) electrons. The summed E-state index contributed by atoms with van der Waals surface area (Å²) >= 11 is 0. The lowest BCUT2D eigenvalue weighted by atomic mass is 10.5. The van der Waals surface area contributed by atoms with Gasteiger partial charge < -0.3 is 9.64 Å². The molecule has 0 aromatic carbocycles. The first-order valence-electron chi connectivity index (χ1n) is 3.64. The molecule has 0 amide bonds. The Labute approximate surface area is 72.5 Å².